The maximum absolute atomic E-state index is 12.8. The largest absolute Gasteiger partial charge is 0.486 e. The van der Waals surface area contributed by atoms with Crippen molar-refractivity contribution in [3.8, 4) is 11.5 Å². The molecule has 1 heterocycles. The molecule has 0 unspecified atom stereocenters. The number of carbonyl (C=O) groups excluding carboxylic acids is 1. The maximum atomic E-state index is 12.8. The van der Waals surface area contributed by atoms with Gasteiger partial charge in [0.05, 0.1) is 18.0 Å². The first-order valence-corrected chi connectivity index (χ1v) is 10.8. The van der Waals surface area contributed by atoms with Gasteiger partial charge in [0.1, 0.15) is 13.2 Å². The van der Waals surface area contributed by atoms with Crippen molar-refractivity contribution < 1.29 is 22.7 Å². The fourth-order valence-electron chi connectivity index (χ4n) is 3.08. The molecule has 2 aromatic rings. The van der Waals surface area contributed by atoms with Crippen LogP contribution in [-0.2, 0) is 10.0 Å². The molecule has 3 rings (SSSR count). The van der Waals surface area contributed by atoms with Crippen LogP contribution in [0.4, 0.5) is 5.69 Å². The lowest BCUT2D eigenvalue weighted by atomic mass is 10.0. The first-order chi connectivity index (χ1) is 13.2. The highest BCUT2D eigenvalue weighted by Crippen LogP contribution is 2.33. The minimum atomic E-state index is -3.42. The van der Waals surface area contributed by atoms with Crippen molar-refractivity contribution in [2.75, 3.05) is 30.8 Å². The molecule has 0 saturated heterocycles. The van der Waals surface area contributed by atoms with Gasteiger partial charge in [-0.2, -0.15) is 0 Å². The van der Waals surface area contributed by atoms with Crippen molar-refractivity contribution in [1.82, 2.24) is 5.32 Å². The molecule has 150 valence electrons. The Kier molecular flexibility index (Phi) is 5.51. The zero-order valence-electron chi connectivity index (χ0n) is 16.4. The van der Waals surface area contributed by atoms with E-state index in [0.717, 1.165) is 11.8 Å². The fraction of sp³-hybridized carbons (Fsp3) is 0.350. The summed E-state index contributed by atoms with van der Waals surface area (Å²) in [5, 5.41) is 2.96. The number of hydrogen-bond donors (Lipinski definition) is 1. The second-order valence-electron chi connectivity index (χ2n) is 6.78. The summed E-state index contributed by atoms with van der Waals surface area (Å²) in [5.74, 6) is 1.09. The Labute approximate surface area is 165 Å². The van der Waals surface area contributed by atoms with E-state index in [-0.39, 0.29) is 11.9 Å². The zero-order chi connectivity index (χ0) is 20.5. The SMILES string of the molecule is Cc1c(C(=O)N[C@@H](C)c2ccc3c(c2)OCCO3)cccc1N(C)S(C)(=O)=O. The van der Waals surface area contributed by atoms with Gasteiger partial charge in [0, 0.05) is 12.6 Å². The molecule has 0 aromatic heterocycles. The monoisotopic (exact) mass is 404 g/mol. The Morgan fingerprint density at radius 3 is 2.50 bits per heavy atom. The highest BCUT2D eigenvalue weighted by molar-refractivity contribution is 7.92. The molecule has 7 nitrogen and oxygen atoms in total. The van der Waals surface area contributed by atoms with Gasteiger partial charge in [0.15, 0.2) is 11.5 Å². The Balaban J connectivity index is 1.81. The molecule has 0 saturated carbocycles. The van der Waals surface area contributed by atoms with Gasteiger partial charge in [0.25, 0.3) is 5.91 Å². The van der Waals surface area contributed by atoms with Crippen molar-refractivity contribution in [1.29, 1.82) is 0 Å². The van der Waals surface area contributed by atoms with Gasteiger partial charge >= 0.3 is 0 Å². The highest BCUT2D eigenvalue weighted by Gasteiger charge is 2.20. The summed E-state index contributed by atoms with van der Waals surface area (Å²) in [6.07, 6.45) is 1.13. The van der Waals surface area contributed by atoms with E-state index < -0.39 is 10.0 Å². The van der Waals surface area contributed by atoms with Gasteiger partial charge in [-0.1, -0.05) is 12.1 Å². The lowest BCUT2D eigenvalue weighted by Crippen LogP contribution is -2.29. The van der Waals surface area contributed by atoms with Crippen LogP contribution >= 0.6 is 0 Å². The van der Waals surface area contributed by atoms with E-state index in [9.17, 15) is 13.2 Å². The van der Waals surface area contributed by atoms with E-state index >= 15 is 0 Å². The summed E-state index contributed by atoms with van der Waals surface area (Å²) in [7, 11) is -1.95. The molecule has 0 fully saturated rings. The Hall–Kier alpha value is -2.74. The van der Waals surface area contributed by atoms with E-state index in [1.165, 1.54) is 11.4 Å². The molecule has 0 bridgehead atoms. The topological polar surface area (TPSA) is 84.9 Å². The van der Waals surface area contributed by atoms with E-state index in [0.29, 0.717) is 41.5 Å². The first kappa shape index (κ1) is 20.0. The highest BCUT2D eigenvalue weighted by atomic mass is 32.2. The molecule has 1 amide bonds. The molecule has 1 N–H and O–H groups in total. The third-order valence-corrected chi connectivity index (χ3v) is 5.99. The van der Waals surface area contributed by atoms with Crippen LogP contribution in [0.2, 0.25) is 0 Å². The van der Waals surface area contributed by atoms with Crippen LogP contribution in [0.25, 0.3) is 0 Å². The molecule has 1 atom stereocenters. The second kappa shape index (κ2) is 7.71. The number of carbonyl (C=O) groups is 1. The third kappa shape index (κ3) is 4.06. The predicted octanol–water partition coefficient (Wildman–Crippen LogP) is 2.65. The molecular formula is C20H24N2O5S. The smallest absolute Gasteiger partial charge is 0.252 e. The number of rotatable bonds is 5. The molecule has 0 aliphatic carbocycles. The number of hydrogen-bond acceptors (Lipinski definition) is 5. The van der Waals surface area contributed by atoms with Crippen molar-refractivity contribution in [3.63, 3.8) is 0 Å². The van der Waals surface area contributed by atoms with Gasteiger partial charge in [-0.15, -0.1) is 0 Å². The molecule has 0 radical (unpaired) electrons. The molecule has 1 aliphatic rings. The average molecular weight is 404 g/mol. The third-order valence-electron chi connectivity index (χ3n) is 4.80. The van der Waals surface area contributed by atoms with Gasteiger partial charge in [0.2, 0.25) is 10.0 Å². The van der Waals surface area contributed by atoms with E-state index in [1.54, 1.807) is 25.1 Å². The Morgan fingerprint density at radius 1 is 1.14 bits per heavy atom. The summed E-state index contributed by atoms with van der Waals surface area (Å²) >= 11 is 0. The van der Waals surface area contributed by atoms with Crippen LogP contribution in [0.15, 0.2) is 36.4 Å². The molecule has 8 heteroatoms. The number of anilines is 1. The van der Waals surface area contributed by atoms with Gasteiger partial charge in [-0.05, 0) is 49.2 Å². The Bertz CT molecular complexity index is 1000. The predicted molar refractivity (Wildman–Crippen MR) is 108 cm³/mol. The van der Waals surface area contributed by atoms with Crippen LogP contribution in [0.5, 0.6) is 11.5 Å². The molecule has 1 aliphatic heterocycles. The fourth-order valence-corrected chi connectivity index (χ4v) is 3.63. The van der Waals surface area contributed by atoms with Crippen LogP contribution in [0.1, 0.15) is 34.5 Å². The number of benzene rings is 2. The van der Waals surface area contributed by atoms with Crippen molar-refractivity contribution in [2.45, 2.75) is 19.9 Å². The van der Waals surface area contributed by atoms with Crippen LogP contribution in [-0.4, -0.2) is 40.8 Å². The minimum absolute atomic E-state index is 0.265. The van der Waals surface area contributed by atoms with Crippen LogP contribution in [0.3, 0.4) is 0 Å². The lowest BCUT2D eigenvalue weighted by Gasteiger charge is -2.22. The number of nitrogens with one attached hydrogen (secondary N) is 1. The van der Waals surface area contributed by atoms with Crippen molar-refractivity contribution in [3.05, 3.63) is 53.1 Å². The number of ether oxygens (including phenoxy) is 2. The van der Waals surface area contributed by atoms with Crippen molar-refractivity contribution in [2.24, 2.45) is 0 Å². The van der Waals surface area contributed by atoms with Gasteiger partial charge in [-0.3, -0.25) is 9.10 Å². The molecule has 28 heavy (non-hydrogen) atoms. The molecule has 2 aromatic carbocycles. The molecule has 0 spiro atoms. The van der Waals surface area contributed by atoms with Crippen LogP contribution in [0, 0.1) is 6.92 Å². The zero-order valence-corrected chi connectivity index (χ0v) is 17.2. The number of fused-ring (bicyclic) bond motifs is 1. The standard InChI is InChI=1S/C20H24N2O5S/c1-13-16(6-5-7-17(13)22(3)28(4,24)25)20(23)21-14(2)15-8-9-18-19(12-15)27-11-10-26-18/h5-9,12,14H,10-11H2,1-4H3,(H,21,23)/t14-/m0/s1. The van der Waals surface area contributed by atoms with E-state index in [4.69, 9.17) is 9.47 Å². The maximum Gasteiger partial charge on any atom is 0.252 e. The summed E-state index contributed by atoms with van der Waals surface area (Å²) in [4.78, 5) is 12.8. The van der Waals surface area contributed by atoms with Crippen LogP contribution < -0.4 is 19.1 Å². The van der Waals surface area contributed by atoms with E-state index in [1.807, 2.05) is 25.1 Å². The van der Waals surface area contributed by atoms with E-state index in [2.05, 4.69) is 5.32 Å². The summed E-state index contributed by atoms with van der Waals surface area (Å²) < 4.78 is 36.0. The summed E-state index contributed by atoms with van der Waals surface area (Å²) in [6.45, 7) is 4.64. The summed E-state index contributed by atoms with van der Waals surface area (Å²) in [5.41, 5.74) is 2.39. The number of sulfonamides is 1. The van der Waals surface area contributed by atoms with Gasteiger partial charge in [-0.25, -0.2) is 8.42 Å². The average Bonchev–Trinajstić information content (AvgIpc) is 2.66. The minimum Gasteiger partial charge on any atom is -0.486 e. The quantitative estimate of drug-likeness (QED) is 0.828. The van der Waals surface area contributed by atoms with Gasteiger partial charge < -0.3 is 14.8 Å². The second-order valence-corrected chi connectivity index (χ2v) is 8.79. The molecular weight excluding hydrogens is 380 g/mol. The Morgan fingerprint density at radius 2 is 1.82 bits per heavy atom. The number of nitrogens with zero attached hydrogens (tertiary/aromatic N) is 1. The summed E-state index contributed by atoms with van der Waals surface area (Å²) in [6, 6.07) is 10.4. The normalized spacial score (nSPS) is 14.3. The first-order valence-electron chi connectivity index (χ1n) is 8.92. The number of amides is 1. The lowest BCUT2D eigenvalue weighted by molar-refractivity contribution is 0.0939. The van der Waals surface area contributed by atoms with Crippen molar-refractivity contribution >= 4 is 21.6 Å².